The molecule has 80 valence electrons. The van der Waals surface area contributed by atoms with Crippen molar-refractivity contribution in [2.24, 2.45) is 0 Å². The summed E-state index contributed by atoms with van der Waals surface area (Å²) in [7, 11) is 0. The second-order valence-electron chi connectivity index (χ2n) is 2.37. The highest BCUT2D eigenvalue weighted by Gasteiger charge is 2.34. The van der Waals surface area contributed by atoms with Gasteiger partial charge in [0.05, 0.1) is 0 Å². The molecule has 2 N–H and O–H groups in total. The van der Waals surface area contributed by atoms with Crippen molar-refractivity contribution in [2.45, 2.75) is 6.36 Å². The van der Waals surface area contributed by atoms with Gasteiger partial charge in [-0.3, -0.25) is 4.79 Å². The zero-order valence-corrected chi connectivity index (χ0v) is 6.92. The van der Waals surface area contributed by atoms with Gasteiger partial charge in [0.15, 0.2) is 5.75 Å². The van der Waals surface area contributed by atoms with Crippen molar-refractivity contribution in [1.82, 2.24) is 4.98 Å². The Morgan fingerprint density at radius 2 is 2.13 bits per heavy atom. The Balaban J connectivity index is 3.30. The van der Waals surface area contributed by atoms with Crippen LogP contribution in [0, 0.1) is 11.3 Å². The highest BCUT2D eigenvalue weighted by molar-refractivity contribution is 5.48. The average Bonchev–Trinajstić information content (AvgIpc) is 2.11. The number of halogens is 3. The quantitative estimate of drug-likeness (QED) is 0.734. The lowest BCUT2D eigenvalue weighted by atomic mass is 10.2. The van der Waals surface area contributed by atoms with Gasteiger partial charge in [0, 0.05) is 6.20 Å². The number of pyridine rings is 1. The van der Waals surface area contributed by atoms with E-state index in [4.69, 9.17) is 10.4 Å². The third-order valence-electron chi connectivity index (χ3n) is 1.36. The molecular weight excluding hydrogens is 217 g/mol. The molecule has 0 saturated heterocycles. The molecule has 0 amide bonds. The second-order valence-corrected chi connectivity index (χ2v) is 2.37. The van der Waals surface area contributed by atoms with Gasteiger partial charge in [0.25, 0.3) is 5.56 Å². The van der Waals surface area contributed by atoms with Crippen molar-refractivity contribution in [2.75, 3.05) is 0 Å². The fourth-order valence-electron chi connectivity index (χ4n) is 0.797. The van der Waals surface area contributed by atoms with Crippen LogP contribution in [0.25, 0.3) is 0 Å². The van der Waals surface area contributed by atoms with Gasteiger partial charge in [-0.2, -0.15) is 5.26 Å². The van der Waals surface area contributed by atoms with E-state index >= 15 is 0 Å². The van der Waals surface area contributed by atoms with Crippen molar-refractivity contribution in [3.63, 3.8) is 0 Å². The minimum absolute atomic E-state index is 0.520. The third kappa shape index (κ3) is 2.40. The lowest BCUT2D eigenvalue weighted by Crippen LogP contribution is -2.22. The van der Waals surface area contributed by atoms with E-state index in [2.05, 4.69) is 4.74 Å². The van der Waals surface area contributed by atoms with Crippen LogP contribution in [-0.4, -0.2) is 16.5 Å². The van der Waals surface area contributed by atoms with E-state index in [-0.39, 0.29) is 0 Å². The summed E-state index contributed by atoms with van der Waals surface area (Å²) in [5.41, 5.74) is -1.79. The molecule has 0 aliphatic rings. The topological polar surface area (TPSA) is 86.1 Å². The third-order valence-corrected chi connectivity index (χ3v) is 1.36. The summed E-state index contributed by atoms with van der Waals surface area (Å²) in [4.78, 5) is 12.7. The number of nitrogens with one attached hydrogen (secondary N) is 1. The zero-order chi connectivity index (χ0) is 11.6. The molecule has 5 nitrogen and oxygen atoms in total. The van der Waals surface area contributed by atoms with E-state index in [1.54, 1.807) is 0 Å². The van der Waals surface area contributed by atoms with Crippen LogP contribution < -0.4 is 10.3 Å². The number of alkyl halides is 3. The molecule has 0 aromatic carbocycles. The van der Waals surface area contributed by atoms with Crippen molar-refractivity contribution in [1.29, 1.82) is 5.26 Å². The Morgan fingerprint density at radius 3 is 2.60 bits per heavy atom. The standard InChI is InChI=1S/C7H3F3N2O3/c8-7(9,10)15-5-4(13)3(1-11)2-12-6(5)14/h2H,(H2,12,13,14). The molecule has 1 aromatic rings. The molecule has 1 aromatic heterocycles. The summed E-state index contributed by atoms with van der Waals surface area (Å²) in [6.07, 6.45) is -4.33. The maximum Gasteiger partial charge on any atom is 0.573 e. The number of H-pyrrole nitrogens is 1. The predicted octanol–water partition coefficient (Wildman–Crippen LogP) is 0.851. The molecule has 0 aliphatic heterocycles. The van der Waals surface area contributed by atoms with Gasteiger partial charge in [0.2, 0.25) is 5.75 Å². The normalized spacial score (nSPS) is 10.8. The van der Waals surface area contributed by atoms with Crippen LogP contribution in [0.4, 0.5) is 13.2 Å². The molecule has 0 fully saturated rings. The molecule has 1 rings (SSSR count). The molecule has 1 heterocycles. The van der Waals surface area contributed by atoms with Crippen molar-refractivity contribution < 1.29 is 23.0 Å². The Kier molecular flexibility index (Phi) is 2.57. The van der Waals surface area contributed by atoms with E-state index in [0.717, 1.165) is 6.20 Å². The zero-order valence-electron chi connectivity index (χ0n) is 6.92. The number of nitrogens with zero attached hydrogens (tertiary/aromatic N) is 1. The predicted molar refractivity (Wildman–Crippen MR) is 40.1 cm³/mol. The van der Waals surface area contributed by atoms with Crippen molar-refractivity contribution >= 4 is 0 Å². The summed E-state index contributed by atoms with van der Waals surface area (Å²) in [6, 6.07) is 1.38. The number of aromatic hydroxyl groups is 1. The second kappa shape index (κ2) is 3.53. The van der Waals surface area contributed by atoms with Gasteiger partial charge in [0.1, 0.15) is 11.6 Å². The molecule has 0 radical (unpaired) electrons. The lowest BCUT2D eigenvalue weighted by molar-refractivity contribution is -0.275. The van der Waals surface area contributed by atoms with E-state index in [1.165, 1.54) is 6.07 Å². The minimum Gasteiger partial charge on any atom is -0.503 e. The highest BCUT2D eigenvalue weighted by atomic mass is 19.4. The summed E-state index contributed by atoms with van der Waals surface area (Å²) in [6.45, 7) is 0. The molecule has 0 spiro atoms. The van der Waals surface area contributed by atoms with E-state index in [0.29, 0.717) is 0 Å². The number of nitriles is 1. The summed E-state index contributed by atoms with van der Waals surface area (Å²) < 4.78 is 38.6. The smallest absolute Gasteiger partial charge is 0.503 e. The molecular formula is C7H3F3N2O3. The van der Waals surface area contributed by atoms with Crippen LogP contribution in [0.3, 0.4) is 0 Å². The van der Waals surface area contributed by atoms with E-state index < -0.39 is 29.0 Å². The van der Waals surface area contributed by atoms with Crippen molar-refractivity contribution in [3.05, 3.63) is 22.1 Å². The van der Waals surface area contributed by atoms with Crippen LogP contribution in [0.1, 0.15) is 5.56 Å². The molecule has 8 heteroatoms. The van der Waals surface area contributed by atoms with Gasteiger partial charge >= 0.3 is 6.36 Å². The Morgan fingerprint density at radius 1 is 1.53 bits per heavy atom. The van der Waals surface area contributed by atoms with Gasteiger partial charge in [-0.1, -0.05) is 0 Å². The fraction of sp³-hybridized carbons (Fsp3) is 0.143. The SMILES string of the molecule is N#Cc1c[nH]c(=O)c(OC(F)(F)F)c1O. The fourth-order valence-corrected chi connectivity index (χ4v) is 0.797. The summed E-state index contributed by atoms with van der Waals surface area (Å²) in [5, 5.41) is 17.4. The first-order chi connectivity index (χ1) is 6.85. The number of aromatic amines is 1. The summed E-state index contributed by atoms with van der Waals surface area (Å²) in [5.74, 6) is -2.49. The van der Waals surface area contributed by atoms with Crippen LogP contribution in [-0.2, 0) is 0 Å². The molecule has 0 aliphatic carbocycles. The largest absolute Gasteiger partial charge is 0.573 e. The Bertz CT molecular complexity index is 472. The molecule has 0 saturated carbocycles. The van der Waals surface area contributed by atoms with Crippen LogP contribution >= 0.6 is 0 Å². The lowest BCUT2D eigenvalue weighted by Gasteiger charge is -2.09. The van der Waals surface area contributed by atoms with Gasteiger partial charge in [-0.15, -0.1) is 13.2 Å². The number of aromatic nitrogens is 1. The maximum atomic E-state index is 11.8. The number of hydrogen-bond donors (Lipinski definition) is 2. The monoisotopic (exact) mass is 220 g/mol. The maximum absolute atomic E-state index is 11.8. The molecule has 0 unspecified atom stereocenters. The van der Waals surface area contributed by atoms with Crippen molar-refractivity contribution in [3.8, 4) is 17.6 Å². The van der Waals surface area contributed by atoms with E-state index in [9.17, 15) is 18.0 Å². The number of hydrogen-bond acceptors (Lipinski definition) is 4. The highest BCUT2D eigenvalue weighted by Crippen LogP contribution is 2.29. The Labute approximate surface area is 80.3 Å². The Hall–Kier alpha value is -2.17. The van der Waals surface area contributed by atoms with Crippen LogP contribution in [0.5, 0.6) is 11.5 Å². The van der Waals surface area contributed by atoms with Crippen LogP contribution in [0.2, 0.25) is 0 Å². The first-order valence-corrected chi connectivity index (χ1v) is 3.45. The minimum atomic E-state index is -5.11. The number of ether oxygens (including phenoxy) is 1. The molecule has 0 atom stereocenters. The van der Waals surface area contributed by atoms with Gasteiger partial charge in [-0.05, 0) is 0 Å². The van der Waals surface area contributed by atoms with Gasteiger partial charge < -0.3 is 14.8 Å². The number of rotatable bonds is 1. The van der Waals surface area contributed by atoms with E-state index in [1.807, 2.05) is 4.98 Å². The molecule has 15 heavy (non-hydrogen) atoms. The van der Waals surface area contributed by atoms with Crippen LogP contribution in [0.15, 0.2) is 11.0 Å². The summed E-state index contributed by atoms with van der Waals surface area (Å²) >= 11 is 0. The average molecular weight is 220 g/mol. The molecule has 0 bridgehead atoms. The first-order valence-electron chi connectivity index (χ1n) is 3.45. The first kappa shape index (κ1) is 10.9. The van der Waals surface area contributed by atoms with Gasteiger partial charge in [-0.25, -0.2) is 0 Å².